The molecule has 0 bridgehead atoms. The van der Waals surface area contributed by atoms with Crippen LogP contribution in [0.15, 0.2) is 54.6 Å². The van der Waals surface area contributed by atoms with Crippen molar-refractivity contribution < 1.29 is 27.9 Å². The van der Waals surface area contributed by atoms with Crippen LogP contribution in [-0.4, -0.2) is 42.6 Å². The Morgan fingerprint density at radius 2 is 1.60 bits per heavy atom. The van der Waals surface area contributed by atoms with E-state index in [-0.39, 0.29) is 24.4 Å². The third-order valence-corrected chi connectivity index (χ3v) is 4.46. The lowest BCUT2D eigenvalue weighted by atomic mass is 10.0. The number of rotatable bonds is 7. The highest BCUT2D eigenvalue weighted by atomic mass is 19.4. The van der Waals surface area contributed by atoms with Crippen molar-refractivity contribution in [2.24, 2.45) is 0 Å². The minimum absolute atomic E-state index is 0.0475. The number of benzene rings is 2. The molecule has 162 valence electrons. The number of aliphatic hydroxyl groups is 1. The maximum absolute atomic E-state index is 12.6. The molecule has 0 aliphatic carbocycles. The molecule has 9 heteroatoms. The van der Waals surface area contributed by atoms with E-state index in [1.54, 1.807) is 38.4 Å². The minimum Gasteiger partial charge on any atom is -0.387 e. The van der Waals surface area contributed by atoms with Gasteiger partial charge in [0.2, 0.25) is 5.91 Å². The standard InChI is InChI=1S/C21H24F3N3O3/c1-27(2)19(29)12-17(14-6-4-3-5-7-14)26-20(30)25-13-18(28)15-8-10-16(11-9-15)21(22,23)24/h3-11,17-18,28H,12-13H2,1-2H3,(H2,25,26,30). The van der Waals surface area contributed by atoms with E-state index in [2.05, 4.69) is 10.6 Å². The number of nitrogens with zero attached hydrogens (tertiary/aromatic N) is 1. The van der Waals surface area contributed by atoms with Gasteiger partial charge in [0.1, 0.15) is 0 Å². The van der Waals surface area contributed by atoms with Gasteiger partial charge in [-0.15, -0.1) is 0 Å². The summed E-state index contributed by atoms with van der Waals surface area (Å²) in [5.41, 5.74) is 0.164. The van der Waals surface area contributed by atoms with E-state index in [9.17, 15) is 27.9 Å². The van der Waals surface area contributed by atoms with Crippen molar-refractivity contribution in [3.8, 4) is 0 Å². The number of hydrogen-bond acceptors (Lipinski definition) is 3. The van der Waals surface area contributed by atoms with Crippen molar-refractivity contribution in [1.29, 1.82) is 0 Å². The van der Waals surface area contributed by atoms with Crippen molar-refractivity contribution in [3.63, 3.8) is 0 Å². The third kappa shape index (κ3) is 6.77. The van der Waals surface area contributed by atoms with Gasteiger partial charge in [-0.3, -0.25) is 4.79 Å². The molecule has 6 nitrogen and oxygen atoms in total. The second kappa shape index (κ2) is 10.1. The molecule has 0 saturated carbocycles. The first-order chi connectivity index (χ1) is 14.1. The maximum atomic E-state index is 12.6. The van der Waals surface area contributed by atoms with Crippen LogP contribution in [0.2, 0.25) is 0 Å². The Hall–Kier alpha value is -3.07. The number of nitrogens with one attached hydrogen (secondary N) is 2. The van der Waals surface area contributed by atoms with Gasteiger partial charge in [0, 0.05) is 20.6 Å². The summed E-state index contributed by atoms with van der Waals surface area (Å²) in [4.78, 5) is 25.8. The minimum atomic E-state index is -4.46. The number of carbonyl (C=O) groups is 2. The van der Waals surface area contributed by atoms with Crippen molar-refractivity contribution in [2.45, 2.75) is 24.7 Å². The SMILES string of the molecule is CN(C)C(=O)CC(NC(=O)NCC(O)c1ccc(C(F)(F)F)cc1)c1ccccc1. The summed E-state index contributed by atoms with van der Waals surface area (Å²) in [5, 5.41) is 15.3. The molecule has 0 saturated heterocycles. The van der Waals surface area contributed by atoms with E-state index < -0.39 is 29.9 Å². The smallest absolute Gasteiger partial charge is 0.387 e. The molecule has 0 aromatic heterocycles. The number of amides is 3. The fourth-order valence-electron chi connectivity index (χ4n) is 2.71. The molecule has 0 heterocycles. The van der Waals surface area contributed by atoms with Gasteiger partial charge in [0.05, 0.1) is 24.1 Å². The number of alkyl halides is 3. The van der Waals surface area contributed by atoms with E-state index in [4.69, 9.17) is 0 Å². The number of halogens is 3. The molecular weight excluding hydrogens is 399 g/mol. The fraction of sp³-hybridized carbons (Fsp3) is 0.333. The molecule has 0 aliphatic rings. The quantitative estimate of drug-likeness (QED) is 0.640. The van der Waals surface area contributed by atoms with Crippen LogP contribution >= 0.6 is 0 Å². The number of hydrogen-bond donors (Lipinski definition) is 3. The van der Waals surface area contributed by atoms with E-state index in [0.717, 1.165) is 29.8 Å². The highest BCUT2D eigenvalue weighted by Crippen LogP contribution is 2.29. The Bertz CT molecular complexity index is 840. The van der Waals surface area contributed by atoms with Gasteiger partial charge in [0.15, 0.2) is 0 Å². The second-order valence-electron chi connectivity index (χ2n) is 6.95. The molecule has 0 aliphatic heterocycles. The summed E-state index contributed by atoms with van der Waals surface area (Å²) in [6.07, 6.45) is -5.60. The largest absolute Gasteiger partial charge is 0.416 e. The maximum Gasteiger partial charge on any atom is 0.416 e. The first-order valence-electron chi connectivity index (χ1n) is 9.22. The molecule has 0 spiro atoms. The molecule has 2 unspecified atom stereocenters. The van der Waals surface area contributed by atoms with Crippen molar-refractivity contribution in [3.05, 3.63) is 71.3 Å². The van der Waals surface area contributed by atoms with Crippen LogP contribution < -0.4 is 10.6 Å². The Labute approximate surface area is 172 Å². The number of urea groups is 1. The van der Waals surface area contributed by atoms with Crippen LogP contribution in [0.25, 0.3) is 0 Å². The van der Waals surface area contributed by atoms with Crippen LogP contribution in [0.4, 0.5) is 18.0 Å². The van der Waals surface area contributed by atoms with E-state index in [1.165, 1.54) is 4.90 Å². The first kappa shape index (κ1) is 23.2. The van der Waals surface area contributed by atoms with Crippen LogP contribution in [-0.2, 0) is 11.0 Å². The predicted molar refractivity (Wildman–Crippen MR) is 105 cm³/mol. The molecule has 2 atom stereocenters. The third-order valence-electron chi connectivity index (χ3n) is 4.46. The van der Waals surface area contributed by atoms with Gasteiger partial charge >= 0.3 is 12.2 Å². The Balaban J connectivity index is 1.97. The topological polar surface area (TPSA) is 81.7 Å². The van der Waals surface area contributed by atoms with Crippen molar-refractivity contribution in [1.82, 2.24) is 15.5 Å². The summed E-state index contributed by atoms with van der Waals surface area (Å²) in [7, 11) is 3.23. The Morgan fingerprint density at radius 3 is 2.13 bits per heavy atom. The normalized spacial score (nSPS) is 13.3. The fourth-order valence-corrected chi connectivity index (χ4v) is 2.71. The van der Waals surface area contributed by atoms with Crippen LogP contribution in [0.5, 0.6) is 0 Å². The highest BCUT2D eigenvalue weighted by molar-refractivity contribution is 5.79. The first-order valence-corrected chi connectivity index (χ1v) is 9.22. The molecule has 2 rings (SSSR count). The van der Waals surface area contributed by atoms with Gasteiger partial charge in [-0.2, -0.15) is 13.2 Å². The van der Waals surface area contributed by atoms with Gasteiger partial charge in [-0.25, -0.2) is 4.79 Å². The lowest BCUT2D eigenvalue weighted by Gasteiger charge is -2.22. The van der Waals surface area contributed by atoms with E-state index in [1.807, 2.05) is 6.07 Å². The summed E-state index contributed by atoms with van der Waals surface area (Å²) in [6.45, 7) is -0.208. The summed E-state index contributed by atoms with van der Waals surface area (Å²) in [6, 6.07) is 11.8. The van der Waals surface area contributed by atoms with Gasteiger partial charge in [-0.05, 0) is 23.3 Å². The predicted octanol–water partition coefficient (Wildman–Crippen LogP) is 3.26. The van der Waals surface area contributed by atoms with Gasteiger partial charge in [0.25, 0.3) is 0 Å². The molecular formula is C21H24F3N3O3. The molecule has 3 N–H and O–H groups in total. The zero-order valence-corrected chi connectivity index (χ0v) is 16.6. The summed E-state index contributed by atoms with van der Waals surface area (Å²) in [5.74, 6) is -0.172. The summed E-state index contributed by atoms with van der Waals surface area (Å²) < 4.78 is 37.9. The monoisotopic (exact) mass is 423 g/mol. The van der Waals surface area contributed by atoms with Crippen LogP contribution in [0.3, 0.4) is 0 Å². The van der Waals surface area contributed by atoms with Crippen molar-refractivity contribution >= 4 is 11.9 Å². The van der Waals surface area contributed by atoms with E-state index in [0.29, 0.717) is 0 Å². The second-order valence-corrected chi connectivity index (χ2v) is 6.95. The zero-order chi connectivity index (χ0) is 22.3. The molecule has 0 fully saturated rings. The summed E-state index contributed by atoms with van der Waals surface area (Å²) >= 11 is 0. The molecule has 0 radical (unpaired) electrons. The van der Waals surface area contributed by atoms with Crippen LogP contribution in [0, 0.1) is 0 Å². The highest BCUT2D eigenvalue weighted by Gasteiger charge is 2.30. The molecule has 2 aromatic rings. The number of carbonyl (C=O) groups excluding carboxylic acids is 2. The molecule has 30 heavy (non-hydrogen) atoms. The molecule has 2 aromatic carbocycles. The molecule has 3 amide bonds. The lowest BCUT2D eigenvalue weighted by Crippen LogP contribution is -2.41. The van der Waals surface area contributed by atoms with Crippen LogP contribution in [0.1, 0.15) is 35.3 Å². The zero-order valence-electron chi connectivity index (χ0n) is 16.6. The average Bonchev–Trinajstić information content (AvgIpc) is 2.71. The Morgan fingerprint density at radius 1 is 1.00 bits per heavy atom. The van der Waals surface area contributed by atoms with Gasteiger partial charge < -0.3 is 20.6 Å². The van der Waals surface area contributed by atoms with Crippen molar-refractivity contribution in [2.75, 3.05) is 20.6 Å². The van der Waals surface area contributed by atoms with Gasteiger partial charge in [-0.1, -0.05) is 42.5 Å². The average molecular weight is 423 g/mol. The number of aliphatic hydroxyl groups excluding tert-OH is 1. The Kier molecular flexibility index (Phi) is 7.82. The van der Waals surface area contributed by atoms with E-state index >= 15 is 0 Å². The lowest BCUT2D eigenvalue weighted by molar-refractivity contribution is -0.137.